The van der Waals surface area contributed by atoms with Gasteiger partial charge >= 0.3 is 0 Å². The molecule has 0 aliphatic heterocycles. The summed E-state index contributed by atoms with van der Waals surface area (Å²) < 4.78 is 5.99. The Kier molecular flexibility index (Phi) is 4.03. The molecule has 1 N–H and O–H groups in total. The number of hydrogen-bond acceptors (Lipinski definition) is 3. The van der Waals surface area contributed by atoms with E-state index in [-0.39, 0.29) is 12.4 Å². The van der Waals surface area contributed by atoms with Gasteiger partial charge in [0, 0.05) is 10.9 Å². The molecule has 5 heteroatoms. The fraction of sp³-hybridized carbons (Fsp3) is 0.111. The van der Waals surface area contributed by atoms with Crippen LogP contribution in [0.25, 0.3) is 33.5 Å². The van der Waals surface area contributed by atoms with Crippen molar-refractivity contribution >= 4 is 27.9 Å². The van der Waals surface area contributed by atoms with Crippen LogP contribution in [0.2, 0.25) is 0 Å². The van der Waals surface area contributed by atoms with Crippen LogP contribution in [-0.4, -0.2) is 24.1 Å². The van der Waals surface area contributed by atoms with Crippen LogP contribution in [-0.2, 0) is 0 Å². The first-order valence-corrected chi connectivity index (χ1v) is 7.29. The SMILES string of the molecule is C[NH+](C)c1nc(-c2ccccc2)nc2c1oc1ccccc12.[Cl-]. The van der Waals surface area contributed by atoms with Crippen molar-refractivity contribution in [1.29, 1.82) is 0 Å². The Morgan fingerprint density at radius 1 is 0.870 bits per heavy atom. The van der Waals surface area contributed by atoms with E-state index in [1.54, 1.807) is 0 Å². The summed E-state index contributed by atoms with van der Waals surface area (Å²) in [5, 5.41) is 1.03. The van der Waals surface area contributed by atoms with Gasteiger partial charge in [0.15, 0.2) is 5.82 Å². The second-order valence-corrected chi connectivity index (χ2v) is 5.54. The maximum atomic E-state index is 5.99. The molecule has 0 atom stereocenters. The van der Waals surface area contributed by atoms with E-state index in [0.29, 0.717) is 0 Å². The van der Waals surface area contributed by atoms with Crippen LogP contribution in [0.3, 0.4) is 0 Å². The summed E-state index contributed by atoms with van der Waals surface area (Å²) in [5.74, 6) is 1.61. The minimum atomic E-state index is 0. The number of furan rings is 1. The number of nitrogens with one attached hydrogen (secondary N) is 1. The number of hydrogen-bond donors (Lipinski definition) is 1. The average Bonchev–Trinajstić information content (AvgIpc) is 2.93. The summed E-state index contributed by atoms with van der Waals surface area (Å²) >= 11 is 0. The van der Waals surface area contributed by atoms with Crippen LogP contribution < -0.4 is 17.3 Å². The molecule has 0 aliphatic rings. The van der Waals surface area contributed by atoms with Crippen molar-refractivity contribution in [3.63, 3.8) is 0 Å². The third kappa shape index (κ3) is 2.56. The molecule has 0 bridgehead atoms. The van der Waals surface area contributed by atoms with Crippen LogP contribution in [0.4, 0.5) is 5.82 Å². The molecule has 0 unspecified atom stereocenters. The van der Waals surface area contributed by atoms with Crippen LogP contribution in [0.5, 0.6) is 0 Å². The van der Waals surface area contributed by atoms with E-state index >= 15 is 0 Å². The molecular weight excluding hydrogens is 310 g/mol. The number of aromatic nitrogens is 2. The molecule has 2 aromatic heterocycles. The molecule has 23 heavy (non-hydrogen) atoms. The zero-order chi connectivity index (χ0) is 15.1. The number of benzene rings is 2. The van der Waals surface area contributed by atoms with E-state index < -0.39 is 0 Å². The van der Waals surface area contributed by atoms with Gasteiger partial charge in [-0.05, 0) is 12.1 Å². The maximum Gasteiger partial charge on any atom is 0.273 e. The highest BCUT2D eigenvalue weighted by atomic mass is 35.5. The molecule has 2 heterocycles. The number of para-hydroxylation sites is 1. The zero-order valence-corrected chi connectivity index (χ0v) is 13.6. The molecule has 0 amide bonds. The molecule has 0 saturated heterocycles. The van der Waals surface area contributed by atoms with Crippen molar-refractivity contribution in [2.24, 2.45) is 0 Å². The predicted molar refractivity (Wildman–Crippen MR) is 87.2 cm³/mol. The highest BCUT2D eigenvalue weighted by Crippen LogP contribution is 2.31. The van der Waals surface area contributed by atoms with Crippen molar-refractivity contribution in [3.05, 3.63) is 54.6 Å². The van der Waals surface area contributed by atoms with Gasteiger partial charge in [-0.1, -0.05) is 42.5 Å². The van der Waals surface area contributed by atoms with Gasteiger partial charge in [0.2, 0.25) is 5.58 Å². The zero-order valence-electron chi connectivity index (χ0n) is 12.9. The fourth-order valence-electron chi connectivity index (χ4n) is 2.65. The van der Waals surface area contributed by atoms with Crippen LogP contribution in [0, 0.1) is 0 Å². The second-order valence-electron chi connectivity index (χ2n) is 5.54. The van der Waals surface area contributed by atoms with Crippen molar-refractivity contribution < 1.29 is 21.7 Å². The largest absolute Gasteiger partial charge is 1.00 e. The Bertz CT molecular complexity index is 964. The molecule has 0 spiro atoms. The molecule has 4 aromatic rings. The number of fused-ring (bicyclic) bond motifs is 3. The number of nitrogens with zero attached hydrogens (tertiary/aromatic N) is 2. The van der Waals surface area contributed by atoms with E-state index in [2.05, 4.69) is 0 Å². The van der Waals surface area contributed by atoms with E-state index in [4.69, 9.17) is 14.4 Å². The lowest BCUT2D eigenvalue weighted by atomic mass is 10.2. The van der Waals surface area contributed by atoms with E-state index in [1.807, 2.05) is 68.7 Å². The lowest BCUT2D eigenvalue weighted by Gasteiger charge is -2.07. The molecule has 0 radical (unpaired) electrons. The van der Waals surface area contributed by atoms with Gasteiger partial charge in [-0.3, -0.25) is 4.90 Å². The van der Waals surface area contributed by atoms with Gasteiger partial charge in [0.1, 0.15) is 11.1 Å². The smallest absolute Gasteiger partial charge is 0.273 e. The van der Waals surface area contributed by atoms with Crippen LogP contribution >= 0.6 is 0 Å². The van der Waals surface area contributed by atoms with Gasteiger partial charge in [0.05, 0.1) is 14.1 Å². The highest BCUT2D eigenvalue weighted by molar-refractivity contribution is 6.05. The van der Waals surface area contributed by atoms with Crippen molar-refractivity contribution in [2.45, 2.75) is 0 Å². The summed E-state index contributed by atoms with van der Waals surface area (Å²) in [6.45, 7) is 0. The van der Waals surface area contributed by atoms with Gasteiger partial charge < -0.3 is 16.8 Å². The maximum absolute atomic E-state index is 5.99. The third-order valence-corrected chi connectivity index (χ3v) is 3.73. The van der Waals surface area contributed by atoms with Crippen molar-refractivity contribution in [2.75, 3.05) is 14.1 Å². The second kappa shape index (κ2) is 5.99. The molecular formula is C18H16ClN3O. The summed E-state index contributed by atoms with van der Waals surface area (Å²) in [4.78, 5) is 10.6. The van der Waals surface area contributed by atoms with Crippen molar-refractivity contribution in [3.8, 4) is 11.4 Å². The minimum Gasteiger partial charge on any atom is -1.00 e. The first kappa shape index (κ1) is 15.5. The molecule has 0 fully saturated rings. The fourth-order valence-corrected chi connectivity index (χ4v) is 2.65. The molecule has 2 aromatic carbocycles. The Balaban J connectivity index is 0.00000156. The quantitative estimate of drug-likeness (QED) is 0.556. The standard InChI is InChI=1S/C18H15N3O.ClH/c1-21(2)18-16-15(13-10-6-7-11-14(13)22-16)19-17(20-18)12-8-4-3-5-9-12;/h3-11H,1-2H3;1H. The first-order valence-electron chi connectivity index (χ1n) is 7.29. The first-order chi connectivity index (χ1) is 10.7. The monoisotopic (exact) mass is 325 g/mol. The predicted octanol–water partition coefficient (Wildman–Crippen LogP) is -0.177. The summed E-state index contributed by atoms with van der Waals surface area (Å²) in [5.41, 5.74) is 3.50. The number of halogens is 1. The number of quaternary nitrogens is 1. The van der Waals surface area contributed by atoms with E-state index in [0.717, 1.165) is 44.2 Å². The van der Waals surface area contributed by atoms with E-state index in [9.17, 15) is 0 Å². The van der Waals surface area contributed by atoms with Gasteiger partial charge in [-0.2, -0.15) is 4.98 Å². The van der Waals surface area contributed by atoms with Crippen LogP contribution in [0.15, 0.2) is 59.0 Å². The highest BCUT2D eigenvalue weighted by Gasteiger charge is 2.20. The lowest BCUT2D eigenvalue weighted by molar-refractivity contribution is -0.788. The molecule has 116 valence electrons. The molecule has 0 aliphatic carbocycles. The topological polar surface area (TPSA) is 43.4 Å². The Hall–Kier alpha value is -2.43. The van der Waals surface area contributed by atoms with Crippen LogP contribution in [0.1, 0.15) is 0 Å². The number of rotatable bonds is 2. The minimum absolute atomic E-state index is 0. The third-order valence-electron chi connectivity index (χ3n) is 3.73. The van der Waals surface area contributed by atoms with E-state index in [1.165, 1.54) is 0 Å². The molecule has 4 rings (SSSR count). The summed E-state index contributed by atoms with van der Waals surface area (Å²) in [6, 6.07) is 18.0. The Labute approximate surface area is 140 Å². The van der Waals surface area contributed by atoms with Gasteiger partial charge in [-0.15, -0.1) is 0 Å². The van der Waals surface area contributed by atoms with Gasteiger partial charge in [-0.25, -0.2) is 4.98 Å². The summed E-state index contributed by atoms with van der Waals surface area (Å²) in [7, 11) is 4.09. The Morgan fingerprint density at radius 2 is 1.57 bits per heavy atom. The summed E-state index contributed by atoms with van der Waals surface area (Å²) in [6.07, 6.45) is 0. The molecule has 4 nitrogen and oxygen atoms in total. The Morgan fingerprint density at radius 3 is 2.30 bits per heavy atom. The average molecular weight is 326 g/mol. The van der Waals surface area contributed by atoms with Gasteiger partial charge in [0.25, 0.3) is 5.82 Å². The van der Waals surface area contributed by atoms with Crippen molar-refractivity contribution in [1.82, 2.24) is 9.97 Å². The lowest BCUT2D eigenvalue weighted by Crippen LogP contribution is -3.00. The molecule has 0 saturated carbocycles. The normalized spacial score (nSPS) is 11.1.